The molecule has 0 radical (unpaired) electrons. The lowest BCUT2D eigenvalue weighted by molar-refractivity contribution is 0.328. The summed E-state index contributed by atoms with van der Waals surface area (Å²) in [4.78, 5) is 0. The molecule has 0 amide bonds. The van der Waals surface area contributed by atoms with Crippen LogP contribution in [-0.4, -0.2) is 12.6 Å². The highest BCUT2D eigenvalue weighted by molar-refractivity contribution is 9.10. The molecule has 0 spiro atoms. The third-order valence-corrected chi connectivity index (χ3v) is 4.57. The number of halogens is 1. The van der Waals surface area contributed by atoms with Gasteiger partial charge in [-0.3, -0.25) is 0 Å². The van der Waals surface area contributed by atoms with Crippen LogP contribution in [0.5, 0.6) is 0 Å². The summed E-state index contributed by atoms with van der Waals surface area (Å²) < 4.78 is 1.19. The molecule has 2 atom stereocenters. The van der Waals surface area contributed by atoms with Crippen LogP contribution in [0, 0.1) is 11.8 Å². The molecular formula is C16H24BrN. The summed E-state index contributed by atoms with van der Waals surface area (Å²) in [6, 6.07) is 9.56. The van der Waals surface area contributed by atoms with E-state index in [1.165, 1.54) is 42.3 Å². The van der Waals surface area contributed by atoms with Crippen LogP contribution in [0.25, 0.3) is 0 Å². The average Bonchev–Trinajstić information content (AvgIpc) is 3.17. The van der Waals surface area contributed by atoms with Crippen molar-refractivity contribution in [2.45, 2.75) is 45.6 Å². The van der Waals surface area contributed by atoms with Gasteiger partial charge in [0.05, 0.1) is 0 Å². The Morgan fingerprint density at radius 3 is 2.78 bits per heavy atom. The van der Waals surface area contributed by atoms with Crippen LogP contribution in [0.15, 0.2) is 28.7 Å². The van der Waals surface area contributed by atoms with E-state index in [-0.39, 0.29) is 0 Å². The van der Waals surface area contributed by atoms with E-state index >= 15 is 0 Å². The Morgan fingerprint density at radius 2 is 2.17 bits per heavy atom. The minimum absolute atomic E-state index is 0.755. The molecule has 1 fully saturated rings. The Balaban J connectivity index is 1.94. The monoisotopic (exact) mass is 309 g/mol. The predicted octanol–water partition coefficient (Wildman–Crippen LogP) is 4.41. The summed E-state index contributed by atoms with van der Waals surface area (Å²) in [6.45, 7) is 5.86. The number of nitrogens with one attached hydrogen (secondary N) is 1. The van der Waals surface area contributed by atoms with Crippen LogP contribution < -0.4 is 5.32 Å². The summed E-state index contributed by atoms with van der Waals surface area (Å²) in [6.07, 6.45) is 5.22. The molecule has 1 aliphatic rings. The van der Waals surface area contributed by atoms with Crippen LogP contribution in [0.4, 0.5) is 0 Å². The smallest absolute Gasteiger partial charge is 0.0177 e. The molecule has 0 aliphatic heterocycles. The highest BCUT2D eigenvalue weighted by Crippen LogP contribution is 2.24. The molecule has 0 saturated heterocycles. The largest absolute Gasteiger partial charge is 0.314 e. The van der Waals surface area contributed by atoms with Crippen molar-refractivity contribution in [2.75, 3.05) is 6.54 Å². The van der Waals surface area contributed by atoms with Crippen molar-refractivity contribution >= 4 is 15.9 Å². The number of hydrogen-bond acceptors (Lipinski definition) is 1. The van der Waals surface area contributed by atoms with Gasteiger partial charge in [-0.05, 0) is 55.3 Å². The van der Waals surface area contributed by atoms with E-state index in [0.29, 0.717) is 0 Å². The van der Waals surface area contributed by atoms with E-state index in [1.54, 1.807) is 0 Å². The fraction of sp³-hybridized carbons (Fsp3) is 0.625. The second kappa shape index (κ2) is 6.72. The third-order valence-electron chi connectivity index (χ3n) is 4.08. The summed E-state index contributed by atoms with van der Waals surface area (Å²) in [5.74, 6) is 1.54. The van der Waals surface area contributed by atoms with Gasteiger partial charge in [0, 0.05) is 10.5 Å². The maximum absolute atomic E-state index is 3.70. The van der Waals surface area contributed by atoms with Crippen LogP contribution in [0.1, 0.15) is 38.7 Å². The van der Waals surface area contributed by atoms with Gasteiger partial charge >= 0.3 is 0 Å². The first-order valence-corrected chi connectivity index (χ1v) is 7.96. The number of hydrogen-bond donors (Lipinski definition) is 1. The van der Waals surface area contributed by atoms with Gasteiger partial charge < -0.3 is 5.32 Å². The first-order chi connectivity index (χ1) is 8.69. The molecule has 1 N–H and O–H groups in total. The quantitative estimate of drug-likeness (QED) is 0.787. The van der Waals surface area contributed by atoms with E-state index in [0.717, 1.165) is 17.9 Å². The van der Waals surface area contributed by atoms with E-state index < -0.39 is 0 Å². The van der Waals surface area contributed by atoms with Crippen molar-refractivity contribution in [2.24, 2.45) is 11.8 Å². The minimum atomic E-state index is 0.755. The maximum Gasteiger partial charge on any atom is 0.0177 e. The Labute approximate surface area is 119 Å². The molecule has 1 aromatic rings. The van der Waals surface area contributed by atoms with Crippen molar-refractivity contribution in [3.63, 3.8) is 0 Å². The van der Waals surface area contributed by atoms with Crippen molar-refractivity contribution in [3.05, 3.63) is 34.3 Å². The molecule has 1 aromatic carbocycles. The van der Waals surface area contributed by atoms with E-state index in [9.17, 15) is 0 Å². The van der Waals surface area contributed by atoms with Gasteiger partial charge in [-0.15, -0.1) is 0 Å². The molecule has 18 heavy (non-hydrogen) atoms. The van der Waals surface area contributed by atoms with Crippen molar-refractivity contribution in [1.29, 1.82) is 0 Å². The second-order valence-corrected chi connectivity index (χ2v) is 6.58. The van der Waals surface area contributed by atoms with Gasteiger partial charge in [0.15, 0.2) is 0 Å². The highest BCUT2D eigenvalue weighted by Gasteiger charge is 2.23. The SMILES string of the molecule is CCC(C)C(CNC1CC1)Cc1cccc(Br)c1. The molecule has 100 valence electrons. The maximum atomic E-state index is 3.70. The lowest BCUT2D eigenvalue weighted by Gasteiger charge is -2.23. The zero-order chi connectivity index (χ0) is 13.0. The van der Waals surface area contributed by atoms with E-state index in [4.69, 9.17) is 0 Å². The minimum Gasteiger partial charge on any atom is -0.314 e. The Kier molecular flexibility index (Phi) is 5.25. The van der Waals surface area contributed by atoms with Crippen LogP contribution in [0.2, 0.25) is 0 Å². The van der Waals surface area contributed by atoms with Crippen molar-refractivity contribution in [3.8, 4) is 0 Å². The average molecular weight is 310 g/mol. The molecule has 0 heterocycles. The lowest BCUT2D eigenvalue weighted by Crippen LogP contribution is -2.30. The predicted molar refractivity (Wildman–Crippen MR) is 81.8 cm³/mol. The lowest BCUT2D eigenvalue weighted by atomic mass is 9.86. The Hall–Kier alpha value is -0.340. The number of benzene rings is 1. The molecule has 2 unspecified atom stereocenters. The summed E-state index contributed by atoms with van der Waals surface area (Å²) in [5, 5.41) is 3.70. The van der Waals surface area contributed by atoms with Gasteiger partial charge in [0.2, 0.25) is 0 Å². The fourth-order valence-corrected chi connectivity index (χ4v) is 2.83. The van der Waals surface area contributed by atoms with Gasteiger partial charge in [-0.2, -0.15) is 0 Å². The fourth-order valence-electron chi connectivity index (χ4n) is 2.38. The molecule has 2 heteroatoms. The van der Waals surface area contributed by atoms with E-state index in [1.807, 2.05) is 0 Å². The van der Waals surface area contributed by atoms with Gasteiger partial charge in [-0.1, -0.05) is 48.3 Å². The topological polar surface area (TPSA) is 12.0 Å². The normalized spacial score (nSPS) is 18.6. The van der Waals surface area contributed by atoms with Gasteiger partial charge in [0.1, 0.15) is 0 Å². The van der Waals surface area contributed by atoms with Gasteiger partial charge in [-0.25, -0.2) is 0 Å². The Morgan fingerprint density at radius 1 is 1.39 bits per heavy atom. The Bertz CT molecular complexity index is 373. The molecule has 0 aromatic heterocycles. The highest BCUT2D eigenvalue weighted by atomic mass is 79.9. The molecule has 1 saturated carbocycles. The zero-order valence-corrected chi connectivity index (χ0v) is 13.0. The first-order valence-electron chi connectivity index (χ1n) is 7.17. The molecule has 1 aliphatic carbocycles. The van der Waals surface area contributed by atoms with E-state index in [2.05, 4.69) is 59.4 Å². The molecule has 2 rings (SSSR count). The third kappa shape index (κ3) is 4.40. The second-order valence-electron chi connectivity index (χ2n) is 5.66. The molecular weight excluding hydrogens is 286 g/mol. The van der Waals surface area contributed by atoms with Crippen LogP contribution in [0.3, 0.4) is 0 Å². The standard InChI is InChI=1S/C16H24BrN/c1-3-12(2)14(11-18-16-7-8-16)9-13-5-4-6-15(17)10-13/h4-6,10,12,14,16,18H,3,7-9,11H2,1-2H3. The van der Waals surface area contributed by atoms with Gasteiger partial charge in [0.25, 0.3) is 0 Å². The number of rotatable bonds is 7. The summed E-state index contributed by atoms with van der Waals surface area (Å²) in [7, 11) is 0. The molecule has 0 bridgehead atoms. The summed E-state index contributed by atoms with van der Waals surface area (Å²) >= 11 is 3.56. The van der Waals surface area contributed by atoms with Crippen molar-refractivity contribution < 1.29 is 0 Å². The summed E-state index contributed by atoms with van der Waals surface area (Å²) in [5.41, 5.74) is 1.45. The van der Waals surface area contributed by atoms with Crippen LogP contribution >= 0.6 is 15.9 Å². The van der Waals surface area contributed by atoms with Crippen molar-refractivity contribution in [1.82, 2.24) is 5.32 Å². The zero-order valence-electron chi connectivity index (χ0n) is 11.5. The first kappa shape index (κ1) is 14.1. The van der Waals surface area contributed by atoms with Crippen LogP contribution in [-0.2, 0) is 6.42 Å². The molecule has 1 nitrogen and oxygen atoms in total.